The molecule has 0 N–H and O–H groups in total. The molecule has 44 heavy (non-hydrogen) atoms. The second-order valence-electron chi connectivity index (χ2n) is 10.5. The standard InChI is InChI=1S/C36H34O8/c1-38-28-17-25-16-27-26(21-44-36(27)37)15-24-18-29(42-19-22-11-7-5-8-12-22)33(43-20-23-13-9-6-10-14-23)35(41-4)30(24)31(25)34(40-3)32(28)39-2/h5-14,17-18H,15-16,19-21H2,1-4H3. The van der Waals surface area contributed by atoms with Crippen LogP contribution in [0.1, 0.15) is 22.3 Å². The van der Waals surface area contributed by atoms with Crippen molar-refractivity contribution < 1.29 is 38.0 Å². The number of methoxy groups -OCH3 is 4. The fourth-order valence-electron chi connectivity index (χ4n) is 5.85. The Bertz CT molecular complexity index is 1710. The van der Waals surface area contributed by atoms with E-state index in [0.29, 0.717) is 66.1 Å². The third-order valence-electron chi connectivity index (χ3n) is 7.93. The van der Waals surface area contributed by atoms with Crippen molar-refractivity contribution in [3.8, 4) is 45.6 Å². The highest BCUT2D eigenvalue weighted by molar-refractivity contribution is 5.95. The largest absolute Gasteiger partial charge is 0.493 e. The predicted octanol–water partition coefficient (Wildman–Crippen LogP) is 6.50. The van der Waals surface area contributed by atoms with E-state index in [-0.39, 0.29) is 12.6 Å². The van der Waals surface area contributed by atoms with Gasteiger partial charge in [0.15, 0.2) is 23.0 Å². The first-order valence-corrected chi connectivity index (χ1v) is 14.3. The summed E-state index contributed by atoms with van der Waals surface area (Å²) >= 11 is 0. The van der Waals surface area contributed by atoms with Crippen molar-refractivity contribution in [1.82, 2.24) is 0 Å². The summed E-state index contributed by atoms with van der Waals surface area (Å²) in [5, 5.41) is 0. The lowest BCUT2D eigenvalue weighted by Gasteiger charge is -2.27. The Morgan fingerprint density at radius 2 is 1.16 bits per heavy atom. The number of rotatable bonds is 10. The number of benzene rings is 4. The van der Waals surface area contributed by atoms with E-state index >= 15 is 0 Å². The van der Waals surface area contributed by atoms with Crippen LogP contribution in [0.2, 0.25) is 0 Å². The molecule has 0 bridgehead atoms. The van der Waals surface area contributed by atoms with Crippen molar-refractivity contribution in [3.63, 3.8) is 0 Å². The molecule has 0 amide bonds. The topological polar surface area (TPSA) is 81.7 Å². The zero-order valence-electron chi connectivity index (χ0n) is 25.2. The number of esters is 1. The van der Waals surface area contributed by atoms with Gasteiger partial charge in [0.2, 0.25) is 11.5 Å². The monoisotopic (exact) mass is 594 g/mol. The molecule has 4 aromatic rings. The Morgan fingerprint density at radius 1 is 0.614 bits per heavy atom. The summed E-state index contributed by atoms with van der Waals surface area (Å²) in [6.45, 7) is 0.846. The van der Waals surface area contributed by atoms with Gasteiger partial charge in [-0.25, -0.2) is 4.79 Å². The fraction of sp³-hybridized carbons (Fsp3) is 0.250. The van der Waals surface area contributed by atoms with Gasteiger partial charge in [-0.15, -0.1) is 0 Å². The van der Waals surface area contributed by atoms with E-state index in [1.165, 1.54) is 0 Å². The van der Waals surface area contributed by atoms with Gasteiger partial charge in [0, 0.05) is 23.1 Å². The average Bonchev–Trinajstić information content (AvgIpc) is 3.39. The van der Waals surface area contributed by atoms with Gasteiger partial charge in [0.05, 0.1) is 28.4 Å². The highest BCUT2D eigenvalue weighted by Crippen LogP contribution is 2.56. The Hall–Kier alpha value is -5.11. The molecule has 1 aliphatic heterocycles. The zero-order valence-corrected chi connectivity index (χ0v) is 25.2. The molecule has 8 nitrogen and oxygen atoms in total. The van der Waals surface area contributed by atoms with Crippen molar-refractivity contribution in [2.45, 2.75) is 26.1 Å². The molecule has 0 saturated carbocycles. The van der Waals surface area contributed by atoms with E-state index < -0.39 is 0 Å². The lowest BCUT2D eigenvalue weighted by Crippen LogP contribution is -2.12. The molecule has 6 rings (SSSR count). The first-order valence-electron chi connectivity index (χ1n) is 14.3. The Kier molecular flexibility index (Phi) is 8.32. The maximum atomic E-state index is 12.9. The minimum absolute atomic E-state index is 0.224. The summed E-state index contributed by atoms with van der Waals surface area (Å²) in [4.78, 5) is 12.9. The summed E-state index contributed by atoms with van der Waals surface area (Å²) in [7, 11) is 6.34. The van der Waals surface area contributed by atoms with E-state index in [4.69, 9.17) is 33.2 Å². The van der Waals surface area contributed by atoms with Crippen LogP contribution in [-0.2, 0) is 35.6 Å². The van der Waals surface area contributed by atoms with Gasteiger partial charge in [-0.3, -0.25) is 0 Å². The van der Waals surface area contributed by atoms with Crippen molar-refractivity contribution in [3.05, 3.63) is 106 Å². The van der Waals surface area contributed by atoms with Gasteiger partial charge in [0.1, 0.15) is 19.8 Å². The quantitative estimate of drug-likeness (QED) is 0.193. The van der Waals surface area contributed by atoms with Gasteiger partial charge >= 0.3 is 5.97 Å². The van der Waals surface area contributed by atoms with Crippen LogP contribution in [0.15, 0.2) is 83.9 Å². The summed E-state index contributed by atoms with van der Waals surface area (Å²) in [6, 6.07) is 23.7. The molecule has 1 heterocycles. The molecule has 226 valence electrons. The molecule has 2 aliphatic rings. The number of cyclic esters (lactones) is 1. The number of hydrogen-bond donors (Lipinski definition) is 0. The molecule has 8 heteroatoms. The van der Waals surface area contributed by atoms with Crippen molar-refractivity contribution in [2.24, 2.45) is 0 Å². The molecule has 0 spiro atoms. The first kappa shape index (κ1) is 29.0. The molecule has 0 fully saturated rings. The second-order valence-corrected chi connectivity index (χ2v) is 10.5. The van der Waals surface area contributed by atoms with Crippen LogP contribution in [0.25, 0.3) is 11.1 Å². The molecular formula is C36H34O8. The maximum Gasteiger partial charge on any atom is 0.334 e. The molecular weight excluding hydrogens is 560 g/mol. The lowest BCUT2D eigenvalue weighted by atomic mass is 9.83. The SMILES string of the molecule is COc1cc2c(c(OC)c1OC)-c1c(cc(OCc3ccccc3)c(OCc3ccccc3)c1OC)CC1=C(C2)C(=O)OC1. The minimum atomic E-state index is -0.321. The summed E-state index contributed by atoms with van der Waals surface area (Å²) in [6.07, 6.45) is 0.777. The van der Waals surface area contributed by atoms with Crippen LogP contribution in [0.4, 0.5) is 0 Å². The van der Waals surface area contributed by atoms with Crippen LogP contribution in [0.5, 0.6) is 34.5 Å². The molecule has 0 aromatic heterocycles. The first-order chi connectivity index (χ1) is 21.6. The van der Waals surface area contributed by atoms with Crippen LogP contribution < -0.4 is 28.4 Å². The lowest BCUT2D eigenvalue weighted by molar-refractivity contribution is -0.136. The van der Waals surface area contributed by atoms with E-state index in [0.717, 1.165) is 39.0 Å². The molecule has 0 radical (unpaired) electrons. The summed E-state index contributed by atoms with van der Waals surface area (Å²) in [5.74, 6) is 2.53. The summed E-state index contributed by atoms with van der Waals surface area (Å²) in [5.41, 5.74) is 6.70. The van der Waals surface area contributed by atoms with Crippen LogP contribution >= 0.6 is 0 Å². The van der Waals surface area contributed by atoms with E-state index in [1.807, 2.05) is 72.8 Å². The third kappa shape index (κ3) is 5.39. The Morgan fingerprint density at radius 3 is 1.75 bits per heavy atom. The summed E-state index contributed by atoms with van der Waals surface area (Å²) < 4.78 is 42.2. The smallest absolute Gasteiger partial charge is 0.334 e. The van der Waals surface area contributed by atoms with Gasteiger partial charge in [-0.05, 0) is 46.4 Å². The predicted molar refractivity (Wildman–Crippen MR) is 165 cm³/mol. The molecule has 1 aliphatic carbocycles. The molecule has 4 aromatic carbocycles. The van der Waals surface area contributed by atoms with Crippen LogP contribution in [0, 0.1) is 0 Å². The second kappa shape index (κ2) is 12.6. The molecule has 0 saturated heterocycles. The number of fused-ring (bicyclic) bond motifs is 3. The van der Waals surface area contributed by atoms with E-state index in [9.17, 15) is 4.79 Å². The van der Waals surface area contributed by atoms with Gasteiger partial charge in [-0.2, -0.15) is 0 Å². The number of ether oxygens (including phenoxy) is 7. The maximum absolute atomic E-state index is 12.9. The fourth-order valence-corrected chi connectivity index (χ4v) is 5.85. The van der Waals surface area contributed by atoms with E-state index in [2.05, 4.69) is 0 Å². The number of carbonyl (C=O) groups excluding carboxylic acids is 1. The Labute approximate surface area is 256 Å². The van der Waals surface area contributed by atoms with Crippen LogP contribution in [-0.4, -0.2) is 41.0 Å². The van der Waals surface area contributed by atoms with Crippen molar-refractivity contribution in [1.29, 1.82) is 0 Å². The Balaban J connectivity index is 1.61. The third-order valence-corrected chi connectivity index (χ3v) is 7.93. The normalized spacial score (nSPS) is 13.5. The molecule has 0 unspecified atom stereocenters. The van der Waals surface area contributed by atoms with Crippen molar-refractivity contribution >= 4 is 5.97 Å². The number of hydrogen-bond acceptors (Lipinski definition) is 8. The highest BCUT2D eigenvalue weighted by Gasteiger charge is 2.35. The van der Waals surface area contributed by atoms with Gasteiger partial charge in [0.25, 0.3) is 0 Å². The van der Waals surface area contributed by atoms with E-state index in [1.54, 1.807) is 28.4 Å². The minimum Gasteiger partial charge on any atom is -0.493 e. The average molecular weight is 595 g/mol. The highest BCUT2D eigenvalue weighted by atomic mass is 16.5. The van der Waals surface area contributed by atoms with Gasteiger partial charge in [-0.1, -0.05) is 60.7 Å². The van der Waals surface area contributed by atoms with Crippen LogP contribution in [0.3, 0.4) is 0 Å². The zero-order chi connectivity index (χ0) is 30.6. The van der Waals surface area contributed by atoms with Gasteiger partial charge < -0.3 is 33.2 Å². The molecule has 0 atom stereocenters. The number of carbonyl (C=O) groups is 1. The van der Waals surface area contributed by atoms with Crippen molar-refractivity contribution in [2.75, 3.05) is 35.0 Å².